The van der Waals surface area contributed by atoms with Gasteiger partial charge in [-0.05, 0) is 98.5 Å². The van der Waals surface area contributed by atoms with E-state index in [2.05, 4.69) is 13.8 Å². The summed E-state index contributed by atoms with van der Waals surface area (Å²) < 4.78 is 17.0. The second-order valence-corrected chi connectivity index (χ2v) is 13.6. The average Bonchev–Trinajstić information content (AvgIpc) is 3.20. The molecule has 39 heavy (non-hydrogen) atoms. The van der Waals surface area contributed by atoms with E-state index in [1.807, 2.05) is 6.07 Å². The highest BCUT2D eigenvalue weighted by Gasteiger charge is 2.67. The molecule has 0 aromatic carbocycles. The van der Waals surface area contributed by atoms with Crippen molar-refractivity contribution in [1.82, 2.24) is 0 Å². The Morgan fingerprint density at radius 3 is 2.46 bits per heavy atom. The van der Waals surface area contributed by atoms with Gasteiger partial charge in [0, 0.05) is 11.5 Å². The summed E-state index contributed by atoms with van der Waals surface area (Å²) in [5.41, 5.74) is -0.280. The van der Waals surface area contributed by atoms with E-state index in [-0.39, 0.29) is 34.4 Å². The van der Waals surface area contributed by atoms with Crippen molar-refractivity contribution in [2.75, 3.05) is 6.61 Å². The summed E-state index contributed by atoms with van der Waals surface area (Å²) in [4.78, 5) is 11.6. The van der Waals surface area contributed by atoms with Crippen LogP contribution in [0.2, 0.25) is 0 Å². The molecule has 5 N–H and O–H groups in total. The van der Waals surface area contributed by atoms with E-state index < -0.39 is 42.9 Å². The fraction of sp³-hybridized carbons (Fsp3) is 0.833. The summed E-state index contributed by atoms with van der Waals surface area (Å²) in [6.07, 6.45) is 3.28. The van der Waals surface area contributed by atoms with E-state index in [9.17, 15) is 30.3 Å². The number of aliphatic hydroxyl groups is 5. The lowest BCUT2D eigenvalue weighted by atomic mass is 9.43. The van der Waals surface area contributed by atoms with Crippen LogP contribution in [0.15, 0.2) is 27.6 Å². The van der Waals surface area contributed by atoms with E-state index in [0.717, 1.165) is 63.4 Å². The first-order valence-electron chi connectivity index (χ1n) is 14.8. The molecule has 5 fully saturated rings. The SMILES string of the molecule is C[C@]12CC[C@H](O[C@@H]3O[C@H](CO)[C@@H](O)[C@H](O)[C@H]3O)C[C@H]1CCC1[C@@H]2CC[C@]2(C)[C@@H](c3ccc(=O)oc3)CC[C@]12O. The summed E-state index contributed by atoms with van der Waals surface area (Å²) in [6, 6.07) is 3.35. The maximum Gasteiger partial charge on any atom is 0.335 e. The summed E-state index contributed by atoms with van der Waals surface area (Å²) in [6.45, 7) is 4.16. The van der Waals surface area contributed by atoms with Gasteiger partial charge in [0.15, 0.2) is 6.29 Å². The molecule has 0 amide bonds. The van der Waals surface area contributed by atoms with Gasteiger partial charge in [-0.3, -0.25) is 0 Å². The van der Waals surface area contributed by atoms with Crippen LogP contribution in [0.5, 0.6) is 0 Å². The maximum absolute atomic E-state index is 12.4. The van der Waals surface area contributed by atoms with Gasteiger partial charge in [-0.2, -0.15) is 0 Å². The van der Waals surface area contributed by atoms with Gasteiger partial charge in [-0.25, -0.2) is 4.79 Å². The summed E-state index contributed by atoms with van der Waals surface area (Å²) in [5, 5.41) is 52.6. The van der Waals surface area contributed by atoms with E-state index in [1.54, 1.807) is 6.26 Å². The smallest absolute Gasteiger partial charge is 0.335 e. The first-order chi connectivity index (χ1) is 18.5. The Hall–Kier alpha value is -1.33. The van der Waals surface area contributed by atoms with Crippen molar-refractivity contribution in [2.45, 2.75) is 120 Å². The molecule has 0 radical (unpaired) electrons. The van der Waals surface area contributed by atoms with Crippen molar-refractivity contribution >= 4 is 0 Å². The Morgan fingerprint density at radius 1 is 0.949 bits per heavy atom. The largest absolute Gasteiger partial charge is 0.431 e. The molecule has 5 aliphatic rings. The van der Waals surface area contributed by atoms with E-state index in [1.165, 1.54) is 6.07 Å². The zero-order chi connectivity index (χ0) is 27.7. The highest BCUT2D eigenvalue weighted by Crippen LogP contribution is 2.70. The lowest BCUT2D eigenvalue weighted by molar-refractivity contribution is -0.317. The maximum atomic E-state index is 12.4. The lowest BCUT2D eigenvalue weighted by Crippen LogP contribution is -2.62. The average molecular weight is 549 g/mol. The number of hydrogen-bond acceptors (Lipinski definition) is 9. The Bertz CT molecular complexity index is 1090. The fourth-order valence-electron chi connectivity index (χ4n) is 9.78. The molecule has 1 aromatic heterocycles. The van der Waals surface area contributed by atoms with Crippen molar-refractivity contribution in [1.29, 1.82) is 0 Å². The van der Waals surface area contributed by atoms with Gasteiger partial charge >= 0.3 is 5.63 Å². The fourth-order valence-corrected chi connectivity index (χ4v) is 9.78. The minimum atomic E-state index is -1.44. The second kappa shape index (κ2) is 9.89. The van der Waals surface area contributed by atoms with Gasteiger partial charge in [0.25, 0.3) is 0 Å². The predicted molar refractivity (Wildman–Crippen MR) is 140 cm³/mol. The molecule has 0 spiro atoms. The van der Waals surface area contributed by atoms with Crippen LogP contribution in [0.3, 0.4) is 0 Å². The summed E-state index contributed by atoms with van der Waals surface area (Å²) in [7, 11) is 0. The molecule has 13 atom stereocenters. The molecule has 4 aliphatic carbocycles. The molecule has 2 heterocycles. The Kier molecular flexibility index (Phi) is 7.06. The van der Waals surface area contributed by atoms with Gasteiger partial charge < -0.3 is 39.4 Å². The number of fused-ring (bicyclic) bond motifs is 5. The monoisotopic (exact) mass is 548 g/mol. The van der Waals surface area contributed by atoms with E-state index in [0.29, 0.717) is 11.8 Å². The first-order valence-corrected chi connectivity index (χ1v) is 14.8. The molecule has 9 heteroatoms. The lowest BCUT2D eigenvalue weighted by Gasteiger charge is -2.63. The molecule has 1 aliphatic heterocycles. The van der Waals surface area contributed by atoms with Gasteiger partial charge in [-0.1, -0.05) is 13.8 Å². The van der Waals surface area contributed by atoms with Gasteiger partial charge in [-0.15, -0.1) is 0 Å². The Labute approximate surface area is 229 Å². The zero-order valence-corrected chi connectivity index (χ0v) is 22.9. The molecule has 6 rings (SSSR count). The van der Waals surface area contributed by atoms with E-state index in [4.69, 9.17) is 13.9 Å². The van der Waals surface area contributed by atoms with Crippen LogP contribution in [0.1, 0.15) is 83.1 Å². The molecular formula is C30H44O9. The highest BCUT2D eigenvalue weighted by molar-refractivity contribution is 5.27. The van der Waals surface area contributed by atoms with Crippen LogP contribution in [0, 0.1) is 28.6 Å². The first kappa shape index (κ1) is 27.8. The third-order valence-corrected chi connectivity index (χ3v) is 12.1. The van der Waals surface area contributed by atoms with Crippen molar-refractivity contribution in [2.24, 2.45) is 28.6 Å². The Morgan fingerprint density at radius 2 is 1.74 bits per heavy atom. The third-order valence-electron chi connectivity index (χ3n) is 12.1. The van der Waals surface area contributed by atoms with Crippen molar-refractivity contribution in [3.8, 4) is 0 Å². The minimum absolute atomic E-state index is 0.0762. The van der Waals surface area contributed by atoms with Crippen molar-refractivity contribution < 1.29 is 39.4 Å². The summed E-state index contributed by atoms with van der Waals surface area (Å²) >= 11 is 0. The molecule has 218 valence electrons. The number of aliphatic hydroxyl groups excluding tert-OH is 4. The van der Waals surface area contributed by atoms with Crippen molar-refractivity contribution in [3.05, 3.63) is 34.4 Å². The quantitative estimate of drug-likeness (QED) is 0.356. The van der Waals surface area contributed by atoms with Gasteiger partial charge in [0.05, 0.1) is 24.6 Å². The van der Waals surface area contributed by atoms with Gasteiger partial charge in [0.2, 0.25) is 0 Å². The zero-order valence-electron chi connectivity index (χ0n) is 22.9. The number of hydrogen-bond donors (Lipinski definition) is 5. The molecule has 1 saturated heterocycles. The van der Waals surface area contributed by atoms with Crippen LogP contribution in [-0.2, 0) is 9.47 Å². The highest BCUT2D eigenvalue weighted by atomic mass is 16.7. The molecule has 0 bridgehead atoms. The minimum Gasteiger partial charge on any atom is -0.431 e. The van der Waals surface area contributed by atoms with Crippen LogP contribution in [-0.4, -0.2) is 74.6 Å². The summed E-state index contributed by atoms with van der Waals surface area (Å²) in [5.74, 6) is 1.22. The normalized spacial score (nSPS) is 51.6. The standard InChI is InChI=1S/C30H44O9/c1-28-10-7-18(38-27-26(35)25(34)24(33)22(14-31)39-27)13-17(28)4-5-21-20(28)8-11-29(2)19(9-12-30(21,29)36)16-3-6-23(32)37-15-16/h3,6,15,17-22,24-27,31,33-36H,4-5,7-14H2,1-2H3/t17-,18+,19-,20+,21?,22-,24-,25+,26-,27-,28+,29-,30+/m1/s1. The second-order valence-electron chi connectivity index (χ2n) is 13.6. The van der Waals surface area contributed by atoms with Crippen LogP contribution < -0.4 is 5.63 Å². The topological polar surface area (TPSA) is 150 Å². The van der Waals surface area contributed by atoms with E-state index >= 15 is 0 Å². The van der Waals surface area contributed by atoms with Crippen LogP contribution >= 0.6 is 0 Å². The number of rotatable bonds is 4. The molecule has 4 saturated carbocycles. The molecule has 9 nitrogen and oxygen atoms in total. The number of ether oxygens (including phenoxy) is 2. The van der Waals surface area contributed by atoms with Crippen LogP contribution in [0.4, 0.5) is 0 Å². The Balaban J connectivity index is 1.16. The predicted octanol–water partition coefficient (Wildman–Crippen LogP) is 2.07. The molecular weight excluding hydrogens is 504 g/mol. The van der Waals surface area contributed by atoms with Crippen molar-refractivity contribution in [3.63, 3.8) is 0 Å². The molecule has 1 aromatic rings. The third kappa shape index (κ3) is 4.18. The van der Waals surface area contributed by atoms with Crippen LogP contribution in [0.25, 0.3) is 0 Å². The molecule has 1 unspecified atom stereocenters. The van der Waals surface area contributed by atoms with Gasteiger partial charge in [0.1, 0.15) is 24.4 Å².